The Kier molecular flexibility index (Phi) is 24.4. The van der Waals surface area contributed by atoms with Crippen LogP contribution in [0, 0.1) is 13.8 Å². The van der Waals surface area contributed by atoms with Crippen molar-refractivity contribution in [3.63, 3.8) is 0 Å². The zero-order valence-corrected chi connectivity index (χ0v) is 60.6. The van der Waals surface area contributed by atoms with Gasteiger partial charge in [-0.3, -0.25) is 9.59 Å². The molecule has 0 aliphatic carbocycles. The molecule has 12 aromatic rings. The molecule has 0 heterocycles. The number of methoxy groups -OCH3 is 1. The molecule has 0 bridgehead atoms. The van der Waals surface area contributed by atoms with Gasteiger partial charge < -0.3 is 37.9 Å². The summed E-state index contributed by atoms with van der Waals surface area (Å²) in [5, 5.41) is 0. The van der Waals surface area contributed by atoms with E-state index >= 15 is 0 Å². The van der Waals surface area contributed by atoms with Crippen LogP contribution in [0.1, 0.15) is 178 Å². The van der Waals surface area contributed by atoms with E-state index in [1.54, 1.807) is 122 Å². The normalized spacial score (nSPS) is 11.1. The lowest BCUT2D eigenvalue weighted by molar-refractivity contribution is 0.0719. The largest absolute Gasteiger partial charge is 0.496 e. The van der Waals surface area contributed by atoms with E-state index in [1.165, 1.54) is 55.5 Å². The monoisotopic (exact) mass is 1450 g/mol. The van der Waals surface area contributed by atoms with Gasteiger partial charge in [-0.25, -0.2) is 28.8 Å². The Labute approximate surface area is 631 Å². The van der Waals surface area contributed by atoms with Gasteiger partial charge in [0.2, 0.25) is 0 Å². The maximum Gasteiger partial charge on any atom is 0.343 e. The molecular weight excluding hydrogens is 1370 g/mol. The third-order valence-corrected chi connectivity index (χ3v) is 18.5. The van der Waals surface area contributed by atoms with Crippen LogP contribution in [0.3, 0.4) is 0 Å². The maximum absolute atomic E-state index is 13.5. The lowest BCUT2D eigenvalue weighted by atomic mass is 9.91. The summed E-state index contributed by atoms with van der Waals surface area (Å²) in [6, 6.07) is 80.0. The smallest absolute Gasteiger partial charge is 0.343 e. The number of unbranched alkanes of at least 4 members (excludes halogenated alkanes) is 1. The number of esters is 6. The second-order valence-electron chi connectivity index (χ2n) is 26.2. The van der Waals surface area contributed by atoms with E-state index in [0.717, 1.165) is 50.3 Å². The van der Waals surface area contributed by atoms with E-state index in [4.69, 9.17) is 37.9 Å². The lowest BCUT2D eigenvalue weighted by Crippen LogP contribution is -2.13. The molecule has 0 aliphatic heterocycles. The molecule has 0 fully saturated rings. The van der Waals surface area contributed by atoms with Gasteiger partial charge in [-0.05, 0) is 235 Å². The van der Waals surface area contributed by atoms with Crippen molar-refractivity contribution in [3.8, 4) is 46.0 Å². The number of carbonyl (C=O) groups is 8. The molecule has 0 saturated carbocycles. The summed E-state index contributed by atoms with van der Waals surface area (Å²) >= 11 is 0. The maximum atomic E-state index is 13.5. The van der Waals surface area contributed by atoms with E-state index < -0.39 is 35.8 Å². The van der Waals surface area contributed by atoms with E-state index in [2.05, 4.69) is 19.1 Å². The molecule has 0 amide bonds. The summed E-state index contributed by atoms with van der Waals surface area (Å²) in [6.07, 6.45) is 2.81. The molecular formula is C93H76O16. The quantitative estimate of drug-likeness (QED) is 0.0185. The minimum Gasteiger partial charge on any atom is -0.496 e. The number of carbonyl (C=O) groups excluding carboxylic acids is 8. The van der Waals surface area contributed by atoms with Crippen LogP contribution in [0.4, 0.5) is 0 Å². The van der Waals surface area contributed by atoms with Crippen molar-refractivity contribution in [1.82, 2.24) is 0 Å². The molecule has 544 valence electrons. The highest BCUT2D eigenvalue weighted by Crippen LogP contribution is 2.34. The van der Waals surface area contributed by atoms with Crippen molar-refractivity contribution in [3.05, 3.63) is 379 Å². The molecule has 0 spiro atoms. The number of aryl methyl sites for hydroxylation is 2. The van der Waals surface area contributed by atoms with Crippen LogP contribution >= 0.6 is 0 Å². The van der Waals surface area contributed by atoms with E-state index in [1.807, 2.05) is 117 Å². The fourth-order valence-corrected chi connectivity index (χ4v) is 12.2. The van der Waals surface area contributed by atoms with Gasteiger partial charge in [0.1, 0.15) is 46.0 Å². The number of ketones is 2. The molecule has 109 heavy (non-hydrogen) atoms. The van der Waals surface area contributed by atoms with Gasteiger partial charge in [-0.2, -0.15) is 0 Å². The zero-order chi connectivity index (χ0) is 76.3. The van der Waals surface area contributed by atoms with Crippen molar-refractivity contribution in [2.75, 3.05) is 13.7 Å². The second kappa shape index (κ2) is 35.5. The number of ether oxygens (including phenoxy) is 8. The van der Waals surface area contributed by atoms with Gasteiger partial charge in [0.05, 0.1) is 47.1 Å². The SMILES string of the molecule is COc1ccc(C(C)c2ccc(OC(=O)c3ccc(C(=O)Oc4ccc(Cc5ccc(OC(=O)c6ccc(C(=O)CCCCOc7ccc(Cc8ccccc8OC(=O)c8ccc(C(=O)Oc9ccccc9Cc9ccccc9OC(=O)c9ccc(C(C)=O)cc9)cc8)cc7)cc6)cc5)cc4)cc3)c(C)c2)cc1C. The molecule has 0 N–H and O–H groups in total. The average Bonchev–Trinajstić information content (AvgIpc) is 0.834. The van der Waals surface area contributed by atoms with Crippen LogP contribution in [-0.4, -0.2) is 61.1 Å². The van der Waals surface area contributed by atoms with E-state index in [9.17, 15) is 38.4 Å². The van der Waals surface area contributed by atoms with Crippen molar-refractivity contribution in [2.24, 2.45) is 0 Å². The Morgan fingerprint density at radius 1 is 0.312 bits per heavy atom. The average molecular weight is 1450 g/mol. The highest BCUT2D eigenvalue weighted by atomic mass is 16.6. The van der Waals surface area contributed by atoms with Gasteiger partial charge in [0.15, 0.2) is 11.6 Å². The molecule has 0 aromatic heterocycles. The fraction of sp³-hybridized carbons (Fsp3) is 0.140. The van der Waals surface area contributed by atoms with Crippen LogP contribution in [0.25, 0.3) is 0 Å². The Hall–Kier alpha value is -13.6. The van der Waals surface area contributed by atoms with Gasteiger partial charge in [-0.15, -0.1) is 0 Å². The van der Waals surface area contributed by atoms with Gasteiger partial charge in [0, 0.05) is 36.3 Å². The Balaban J connectivity index is 0.532. The number of benzene rings is 12. The molecule has 16 heteroatoms. The first-order chi connectivity index (χ1) is 52.9. The molecule has 12 aromatic carbocycles. The van der Waals surface area contributed by atoms with E-state index in [-0.39, 0.29) is 51.7 Å². The fourth-order valence-electron chi connectivity index (χ4n) is 12.2. The van der Waals surface area contributed by atoms with E-state index in [0.29, 0.717) is 107 Å². The number of hydrogen-bond acceptors (Lipinski definition) is 16. The third-order valence-electron chi connectivity index (χ3n) is 18.5. The Morgan fingerprint density at radius 2 is 0.642 bits per heavy atom. The molecule has 16 nitrogen and oxygen atoms in total. The standard InChI is InChI=1S/C93H76O16/c1-59-54-74(43-51-83(59)102-5)61(3)75-44-52-84(60(2)55-75)106-90(98)71-37-35-69(36-38-71)89(97)105-81-49-25-64(26-50-81)56-63-23-47-80(48-24-63)104-88(96)68-33-29-67(30-34-68)82(95)17-12-13-53-103-79-45-21-65(22-46-79)57-76-14-6-9-18-85(76)107-92(100)72-39-41-73(42-40-72)93(101)109-87-20-11-8-16-78(87)58-77-15-7-10-19-86(77)108-91(99)70-31-27-66(28-32-70)62(4)94/h6-11,14-16,18-52,54-55,61H,12-13,17,53,56-58H2,1-5H3. The molecule has 0 aliphatic rings. The van der Waals surface area contributed by atoms with Crippen molar-refractivity contribution >= 4 is 47.4 Å². The first-order valence-corrected chi connectivity index (χ1v) is 35.5. The minimum absolute atomic E-state index is 0.0582. The van der Waals surface area contributed by atoms with Crippen molar-refractivity contribution in [2.45, 2.75) is 72.1 Å². The van der Waals surface area contributed by atoms with Crippen LogP contribution < -0.4 is 37.9 Å². The molecule has 1 atom stereocenters. The number of rotatable bonds is 29. The molecule has 12 rings (SSSR count). The first-order valence-electron chi connectivity index (χ1n) is 35.5. The Bertz CT molecular complexity index is 5300. The van der Waals surface area contributed by atoms with Crippen LogP contribution in [0.5, 0.6) is 46.0 Å². The second-order valence-corrected chi connectivity index (χ2v) is 26.2. The van der Waals surface area contributed by atoms with Gasteiger partial charge in [-0.1, -0.05) is 146 Å². The molecule has 0 saturated heterocycles. The van der Waals surface area contributed by atoms with Gasteiger partial charge >= 0.3 is 35.8 Å². The first kappa shape index (κ1) is 75.1. The predicted molar refractivity (Wildman–Crippen MR) is 413 cm³/mol. The minimum atomic E-state index is -0.642. The summed E-state index contributed by atoms with van der Waals surface area (Å²) in [5.41, 5.74) is 11.6. The number of hydrogen-bond donors (Lipinski definition) is 0. The lowest BCUT2D eigenvalue weighted by Gasteiger charge is -2.16. The van der Waals surface area contributed by atoms with Crippen molar-refractivity contribution < 1.29 is 76.3 Å². The molecule has 0 radical (unpaired) electrons. The number of Topliss-reactive ketones (excluding diaryl/α,β-unsaturated/α-hetero) is 2. The summed E-state index contributed by atoms with van der Waals surface area (Å²) in [5.74, 6) is 0.0962. The van der Waals surface area contributed by atoms with Crippen LogP contribution in [0.2, 0.25) is 0 Å². The highest BCUT2D eigenvalue weighted by molar-refractivity contribution is 5.99. The topological polar surface area (TPSA) is 210 Å². The zero-order valence-electron chi connectivity index (χ0n) is 60.6. The summed E-state index contributed by atoms with van der Waals surface area (Å²) in [4.78, 5) is 104. The number of para-hydroxylation sites is 3. The van der Waals surface area contributed by atoms with Gasteiger partial charge in [0.25, 0.3) is 0 Å². The summed E-state index contributed by atoms with van der Waals surface area (Å²) in [6.45, 7) is 7.89. The predicted octanol–water partition coefficient (Wildman–Crippen LogP) is 19.2. The van der Waals surface area contributed by atoms with Crippen molar-refractivity contribution in [1.29, 1.82) is 0 Å². The summed E-state index contributed by atoms with van der Waals surface area (Å²) in [7, 11) is 1.66. The van der Waals surface area contributed by atoms with Crippen LogP contribution in [0.15, 0.2) is 279 Å². The summed E-state index contributed by atoms with van der Waals surface area (Å²) < 4.78 is 46.1. The van der Waals surface area contributed by atoms with Crippen LogP contribution in [-0.2, 0) is 19.3 Å². The third kappa shape index (κ3) is 19.9. The Morgan fingerprint density at radius 3 is 1.03 bits per heavy atom. The molecule has 1 unspecified atom stereocenters. The highest BCUT2D eigenvalue weighted by Gasteiger charge is 2.22.